The molecule has 0 bridgehead atoms. The zero-order valence-corrected chi connectivity index (χ0v) is 14.5. The Kier molecular flexibility index (Phi) is 5.31. The third kappa shape index (κ3) is 4.37. The molecule has 0 heterocycles. The summed E-state index contributed by atoms with van der Waals surface area (Å²) in [5.74, 6) is -0.207. The van der Waals surface area contributed by atoms with Crippen molar-refractivity contribution in [3.8, 4) is 0 Å². The van der Waals surface area contributed by atoms with Crippen molar-refractivity contribution < 1.29 is 4.79 Å². The second kappa shape index (κ2) is 7.81. The monoisotopic (exact) mass is 351 g/mol. The zero-order chi connectivity index (χ0) is 17.6. The highest BCUT2D eigenvalue weighted by atomic mass is 35.5. The second-order valence-corrected chi connectivity index (χ2v) is 6.06. The summed E-state index contributed by atoms with van der Waals surface area (Å²) >= 11 is 5.87. The van der Waals surface area contributed by atoms with Gasteiger partial charge in [0.25, 0.3) is 5.91 Å². The third-order valence-electron chi connectivity index (χ3n) is 3.84. The fourth-order valence-corrected chi connectivity index (χ4v) is 2.62. The van der Waals surface area contributed by atoms with E-state index >= 15 is 0 Å². The minimum Gasteiger partial charge on any atom is -0.376 e. The number of rotatable bonds is 5. The first-order valence-electron chi connectivity index (χ1n) is 7.94. The predicted molar refractivity (Wildman–Crippen MR) is 104 cm³/mol. The lowest BCUT2D eigenvalue weighted by atomic mass is 10.1. The molecule has 3 aromatic rings. The van der Waals surface area contributed by atoms with Crippen LogP contribution in [0.5, 0.6) is 0 Å². The van der Waals surface area contributed by atoms with Crippen LogP contribution in [0.25, 0.3) is 10.8 Å². The van der Waals surface area contributed by atoms with Gasteiger partial charge in [0.05, 0.1) is 12.3 Å². The van der Waals surface area contributed by atoms with Crippen LogP contribution < -0.4 is 10.7 Å². The Morgan fingerprint density at radius 2 is 1.72 bits per heavy atom. The number of fused-ring (bicyclic) bond motifs is 1. The lowest BCUT2D eigenvalue weighted by molar-refractivity contribution is -0.119. The maximum atomic E-state index is 12.0. The first-order valence-corrected chi connectivity index (χ1v) is 8.32. The van der Waals surface area contributed by atoms with Crippen molar-refractivity contribution >= 4 is 39.7 Å². The first-order chi connectivity index (χ1) is 12.1. The van der Waals surface area contributed by atoms with Crippen LogP contribution in [0.3, 0.4) is 0 Å². The SMILES string of the molecule is CC(=NNC(=O)CNc1cccc2ccccc12)c1ccc(Cl)cc1. The number of hydrogen-bond acceptors (Lipinski definition) is 3. The Balaban J connectivity index is 1.61. The van der Waals surface area contributed by atoms with E-state index in [0.717, 1.165) is 27.7 Å². The van der Waals surface area contributed by atoms with Gasteiger partial charge in [0.1, 0.15) is 0 Å². The molecule has 0 atom stereocenters. The van der Waals surface area contributed by atoms with E-state index in [4.69, 9.17) is 11.6 Å². The number of nitrogens with zero attached hydrogens (tertiary/aromatic N) is 1. The van der Waals surface area contributed by atoms with Crippen molar-refractivity contribution in [2.24, 2.45) is 5.10 Å². The van der Waals surface area contributed by atoms with Crippen LogP contribution in [-0.2, 0) is 4.79 Å². The number of amides is 1. The van der Waals surface area contributed by atoms with Crippen LogP contribution in [-0.4, -0.2) is 18.2 Å². The molecular weight excluding hydrogens is 334 g/mol. The van der Waals surface area contributed by atoms with Crippen LogP contribution in [0.15, 0.2) is 71.8 Å². The van der Waals surface area contributed by atoms with Gasteiger partial charge in [-0.3, -0.25) is 4.79 Å². The summed E-state index contributed by atoms with van der Waals surface area (Å²) in [6, 6.07) is 21.3. The number of hydrazone groups is 1. The van der Waals surface area contributed by atoms with Crippen molar-refractivity contribution in [2.75, 3.05) is 11.9 Å². The molecule has 0 spiro atoms. The van der Waals surface area contributed by atoms with Crippen LogP contribution in [0.2, 0.25) is 5.02 Å². The number of halogens is 1. The molecule has 0 aromatic heterocycles. The summed E-state index contributed by atoms with van der Waals surface area (Å²) in [4.78, 5) is 12.0. The van der Waals surface area contributed by atoms with E-state index < -0.39 is 0 Å². The average Bonchev–Trinajstić information content (AvgIpc) is 2.65. The van der Waals surface area contributed by atoms with Crippen LogP contribution >= 0.6 is 11.6 Å². The van der Waals surface area contributed by atoms with E-state index in [1.807, 2.05) is 61.5 Å². The van der Waals surface area contributed by atoms with Crippen molar-refractivity contribution in [2.45, 2.75) is 6.92 Å². The molecule has 0 saturated carbocycles. The Hall–Kier alpha value is -2.85. The molecule has 0 saturated heterocycles. The van der Waals surface area contributed by atoms with Gasteiger partial charge in [-0.15, -0.1) is 0 Å². The fourth-order valence-electron chi connectivity index (χ4n) is 2.50. The summed E-state index contributed by atoms with van der Waals surface area (Å²) in [5, 5.41) is 10.2. The number of anilines is 1. The molecule has 0 aliphatic heterocycles. The van der Waals surface area contributed by atoms with Gasteiger partial charge in [-0.05, 0) is 36.1 Å². The number of carbonyl (C=O) groups excluding carboxylic acids is 1. The summed E-state index contributed by atoms with van der Waals surface area (Å²) < 4.78 is 0. The lowest BCUT2D eigenvalue weighted by Crippen LogP contribution is -2.26. The van der Waals surface area contributed by atoms with Crippen molar-refractivity contribution in [1.29, 1.82) is 0 Å². The van der Waals surface area contributed by atoms with E-state index in [1.165, 1.54) is 0 Å². The highest BCUT2D eigenvalue weighted by Crippen LogP contribution is 2.22. The minimum absolute atomic E-state index is 0.144. The van der Waals surface area contributed by atoms with Crippen molar-refractivity contribution in [3.05, 3.63) is 77.3 Å². The van der Waals surface area contributed by atoms with Gasteiger partial charge in [-0.2, -0.15) is 5.10 Å². The highest BCUT2D eigenvalue weighted by molar-refractivity contribution is 6.30. The van der Waals surface area contributed by atoms with E-state index in [1.54, 1.807) is 12.1 Å². The van der Waals surface area contributed by atoms with Crippen LogP contribution in [0.4, 0.5) is 5.69 Å². The summed E-state index contributed by atoms with van der Waals surface area (Å²) in [6.07, 6.45) is 0. The van der Waals surface area contributed by atoms with Gasteiger partial charge in [0.15, 0.2) is 0 Å². The quantitative estimate of drug-likeness (QED) is 0.527. The lowest BCUT2D eigenvalue weighted by Gasteiger charge is -2.09. The van der Waals surface area contributed by atoms with Gasteiger partial charge in [0.2, 0.25) is 0 Å². The molecule has 4 nitrogen and oxygen atoms in total. The molecule has 25 heavy (non-hydrogen) atoms. The zero-order valence-electron chi connectivity index (χ0n) is 13.8. The third-order valence-corrected chi connectivity index (χ3v) is 4.09. The van der Waals surface area contributed by atoms with E-state index in [2.05, 4.69) is 15.8 Å². The summed E-state index contributed by atoms with van der Waals surface area (Å²) in [6.45, 7) is 1.98. The molecule has 1 amide bonds. The molecule has 2 N–H and O–H groups in total. The topological polar surface area (TPSA) is 53.5 Å². The molecule has 126 valence electrons. The number of nitrogens with one attached hydrogen (secondary N) is 2. The van der Waals surface area contributed by atoms with Gasteiger partial charge >= 0.3 is 0 Å². The first kappa shape index (κ1) is 17.0. The van der Waals surface area contributed by atoms with Gasteiger partial charge in [-0.25, -0.2) is 5.43 Å². The van der Waals surface area contributed by atoms with Gasteiger partial charge in [-0.1, -0.05) is 60.1 Å². The molecule has 3 aromatic carbocycles. The maximum Gasteiger partial charge on any atom is 0.259 e. The number of benzene rings is 3. The Morgan fingerprint density at radius 3 is 2.52 bits per heavy atom. The molecule has 0 unspecified atom stereocenters. The molecule has 0 aliphatic carbocycles. The van der Waals surface area contributed by atoms with E-state index in [9.17, 15) is 4.79 Å². The molecule has 3 rings (SSSR count). The molecule has 0 fully saturated rings. The predicted octanol–water partition coefficient (Wildman–Crippen LogP) is 4.45. The fraction of sp³-hybridized carbons (Fsp3) is 0.100. The summed E-state index contributed by atoms with van der Waals surface area (Å²) in [5.41, 5.74) is 5.12. The normalized spacial score (nSPS) is 11.4. The van der Waals surface area contributed by atoms with Gasteiger partial charge in [0, 0.05) is 16.1 Å². The maximum absolute atomic E-state index is 12.0. The van der Waals surface area contributed by atoms with Crippen molar-refractivity contribution in [1.82, 2.24) is 5.43 Å². The number of hydrogen-bond donors (Lipinski definition) is 2. The largest absolute Gasteiger partial charge is 0.376 e. The Labute approximate surface area is 151 Å². The number of carbonyl (C=O) groups is 1. The van der Waals surface area contributed by atoms with Crippen LogP contribution in [0, 0.1) is 0 Å². The minimum atomic E-state index is -0.207. The van der Waals surface area contributed by atoms with E-state index in [0.29, 0.717) is 5.02 Å². The molecular formula is C20H18ClN3O. The Bertz CT molecular complexity index is 914. The molecule has 5 heteroatoms. The molecule has 0 radical (unpaired) electrons. The highest BCUT2D eigenvalue weighted by Gasteiger charge is 2.04. The smallest absolute Gasteiger partial charge is 0.259 e. The Morgan fingerprint density at radius 1 is 1.00 bits per heavy atom. The average molecular weight is 352 g/mol. The molecule has 0 aliphatic rings. The van der Waals surface area contributed by atoms with Crippen LogP contribution in [0.1, 0.15) is 12.5 Å². The van der Waals surface area contributed by atoms with Gasteiger partial charge < -0.3 is 5.32 Å². The second-order valence-electron chi connectivity index (χ2n) is 5.62. The summed E-state index contributed by atoms with van der Waals surface area (Å²) in [7, 11) is 0. The van der Waals surface area contributed by atoms with Crippen molar-refractivity contribution in [3.63, 3.8) is 0 Å². The standard InChI is InChI=1S/C20H18ClN3O/c1-14(15-9-11-17(21)12-10-15)23-24-20(25)13-22-19-8-4-6-16-5-2-3-7-18(16)19/h2-12,22H,13H2,1H3,(H,24,25). The van der Waals surface area contributed by atoms with E-state index in [-0.39, 0.29) is 12.5 Å².